The maximum absolute atomic E-state index is 3.50. The average molecular weight is 205 g/mol. The van der Waals surface area contributed by atoms with E-state index in [0.29, 0.717) is 0 Å². The number of para-hydroxylation sites is 1. The molecule has 2 rings (SSSR count). The van der Waals surface area contributed by atoms with Crippen LogP contribution in [0.3, 0.4) is 0 Å². The molecule has 2 heteroatoms. The number of nitrogens with one attached hydrogen (secondary N) is 1. The Kier molecular flexibility index (Phi) is 3.01. The summed E-state index contributed by atoms with van der Waals surface area (Å²) in [6.45, 7) is 0. The SMILES string of the molecule is C1=CC[C]([Ti][NH]c2ccccc2)=C1. The number of hydrogen-bond donors (Lipinski definition) is 1. The second-order valence-corrected chi connectivity index (χ2v) is 4.72. The third kappa shape index (κ3) is 2.58. The van der Waals surface area contributed by atoms with Gasteiger partial charge in [-0.1, -0.05) is 0 Å². The molecule has 1 N–H and O–H groups in total. The first-order valence-electron chi connectivity index (χ1n) is 4.38. The van der Waals surface area contributed by atoms with Crippen molar-refractivity contribution in [3.05, 3.63) is 52.4 Å². The van der Waals surface area contributed by atoms with Gasteiger partial charge in [0.2, 0.25) is 0 Å². The van der Waals surface area contributed by atoms with Gasteiger partial charge in [-0.05, 0) is 0 Å². The number of rotatable bonds is 3. The van der Waals surface area contributed by atoms with Gasteiger partial charge in [0, 0.05) is 0 Å². The number of benzene rings is 1. The average Bonchev–Trinajstić information content (AvgIpc) is 2.69. The summed E-state index contributed by atoms with van der Waals surface area (Å²) in [5.74, 6) is 0. The van der Waals surface area contributed by atoms with Gasteiger partial charge in [-0.3, -0.25) is 0 Å². The van der Waals surface area contributed by atoms with Gasteiger partial charge in [0.25, 0.3) is 0 Å². The van der Waals surface area contributed by atoms with Crippen molar-refractivity contribution in [3.63, 3.8) is 0 Å². The fourth-order valence-electron chi connectivity index (χ4n) is 1.21. The zero-order valence-corrected chi connectivity index (χ0v) is 8.89. The summed E-state index contributed by atoms with van der Waals surface area (Å²) in [7, 11) is 0. The van der Waals surface area contributed by atoms with Gasteiger partial charge in [-0.25, -0.2) is 0 Å². The Morgan fingerprint density at radius 1 is 1.15 bits per heavy atom. The predicted octanol–water partition coefficient (Wildman–Crippen LogP) is 2.94. The van der Waals surface area contributed by atoms with Gasteiger partial charge >= 0.3 is 87.8 Å². The number of hydrogen-bond acceptors (Lipinski definition) is 1. The summed E-state index contributed by atoms with van der Waals surface area (Å²) in [5, 5.41) is 0. The van der Waals surface area contributed by atoms with E-state index in [1.165, 1.54) is 5.69 Å². The van der Waals surface area contributed by atoms with Crippen LogP contribution in [0, 0.1) is 0 Å². The van der Waals surface area contributed by atoms with Crippen LogP contribution < -0.4 is 3.80 Å². The molecule has 64 valence electrons. The Morgan fingerprint density at radius 2 is 2.00 bits per heavy atom. The van der Waals surface area contributed by atoms with E-state index in [1.807, 2.05) is 6.07 Å². The van der Waals surface area contributed by atoms with Crippen molar-refractivity contribution in [2.75, 3.05) is 3.80 Å². The molecule has 0 fully saturated rings. The second kappa shape index (κ2) is 4.45. The van der Waals surface area contributed by atoms with E-state index in [9.17, 15) is 0 Å². The molecule has 13 heavy (non-hydrogen) atoms. The molecule has 1 nitrogen and oxygen atoms in total. The van der Waals surface area contributed by atoms with Crippen molar-refractivity contribution >= 4 is 5.69 Å². The predicted molar refractivity (Wildman–Crippen MR) is 51.9 cm³/mol. The molecule has 0 aromatic heterocycles. The summed E-state index contributed by atoms with van der Waals surface area (Å²) in [6.07, 6.45) is 7.74. The van der Waals surface area contributed by atoms with Crippen LogP contribution in [0.1, 0.15) is 6.42 Å². The molecular weight excluding hydrogens is 194 g/mol. The van der Waals surface area contributed by atoms with Gasteiger partial charge < -0.3 is 0 Å². The minimum atomic E-state index is -0.140. The first-order valence-corrected chi connectivity index (χ1v) is 5.94. The number of allylic oxidation sites excluding steroid dienone is 4. The number of anilines is 1. The molecule has 0 aliphatic heterocycles. The van der Waals surface area contributed by atoms with Crippen molar-refractivity contribution in [1.29, 1.82) is 0 Å². The molecule has 1 aliphatic carbocycles. The Hall–Kier alpha value is -0.786. The molecular formula is C11H11NTi. The molecule has 0 bridgehead atoms. The Morgan fingerprint density at radius 3 is 2.69 bits per heavy atom. The minimum absolute atomic E-state index is 0.140. The zero-order valence-electron chi connectivity index (χ0n) is 7.33. The van der Waals surface area contributed by atoms with Gasteiger partial charge in [0.15, 0.2) is 0 Å². The Labute approximate surface area is 87.8 Å². The summed E-state index contributed by atoms with van der Waals surface area (Å²) in [4.78, 5) is 0. The molecule has 0 heterocycles. The first kappa shape index (κ1) is 8.80. The second-order valence-electron chi connectivity index (χ2n) is 2.94. The normalized spacial score (nSPS) is 14.0. The van der Waals surface area contributed by atoms with E-state index in [-0.39, 0.29) is 19.4 Å². The molecule has 1 aliphatic rings. The third-order valence-electron chi connectivity index (χ3n) is 1.91. The first-order chi connectivity index (χ1) is 6.45. The van der Waals surface area contributed by atoms with E-state index < -0.39 is 0 Å². The van der Waals surface area contributed by atoms with Crippen molar-refractivity contribution < 1.29 is 19.4 Å². The van der Waals surface area contributed by atoms with E-state index >= 15 is 0 Å². The van der Waals surface area contributed by atoms with E-state index in [0.717, 1.165) is 6.42 Å². The summed E-state index contributed by atoms with van der Waals surface area (Å²) in [5.41, 5.74) is 1.25. The summed E-state index contributed by atoms with van der Waals surface area (Å²) >= 11 is -0.140. The van der Waals surface area contributed by atoms with Crippen LogP contribution in [-0.4, -0.2) is 0 Å². The zero-order chi connectivity index (χ0) is 8.93. The van der Waals surface area contributed by atoms with Gasteiger partial charge in [0.05, 0.1) is 0 Å². The molecule has 0 amide bonds. The van der Waals surface area contributed by atoms with Crippen molar-refractivity contribution in [1.82, 2.24) is 0 Å². The van der Waals surface area contributed by atoms with Gasteiger partial charge in [-0.2, -0.15) is 0 Å². The van der Waals surface area contributed by atoms with E-state index in [4.69, 9.17) is 0 Å². The van der Waals surface area contributed by atoms with Crippen molar-refractivity contribution in [2.24, 2.45) is 0 Å². The molecule has 0 saturated carbocycles. The van der Waals surface area contributed by atoms with Crippen LogP contribution in [0.5, 0.6) is 0 Å². The molecule has 1 aromatic rings. The molecule has 0 saturated heterocycles. The van der Waals surface area contributed by atoms with Gasteiger partial charge in [-0.15, -0.1) is 0 Å². The van der Waals surface area contributed by atoms with Gasteiger partial charge in [0.1, 0.15) is 0 Å². The molecule has 0 atom stereocenters. The summed E-state index contributed by atoms with van der Waals surface area (Å²) in [6, 6.07) is 10.4. The quantitative estimate of drug-likeness (QED) is 0.748. The Bertz CT molecular complexity index is 327. The third-order valence-corrected chi connectivity index (χ3v) is 3.64. The van der Waals surface area contributed by atoms with Crippen LogP contribution in [0.15, 0.2) is 52.4 Å². The molecule has 0 radical (unpaired) electrons. The summed E-state index contributed by atoms with van der Waals surface area (Å²) < 4.78 is 5.08. The van der Waals surface area contributed by atoms with Crippen LogP contribution >= 0.6 is 0 Å². The Balaban J connectivity index is 1.87. The van der Waals surface area contributed by atoms with E-state index in [1.54, 1.807) is 3.88 Å². The fraction of sp³-hybridized carbons (Fsp3) is 0.0909. The fourth-order valence-corrected chi connectivity index (χ4v) is 2.57. The molecule has 1 aromatic carbocycles. The monoisotopic (exact) mass is 205 g/mol. The van der Waals surface area contributed by atoms with Crippen molar-refractivity contribution in [2.45, 2.75) is 6.42 Å². The van der Waals surface area contributed by atoms with Crippen LogP contribution in [0.4, 0.5) is 5.69 Å². The molecule has 0 unspecified atom stereocenters. The topological polar surface area (TPSA) is 12.0 Å². The van der Waals surface area contributed by atoms with E-state index in [2.05, 4.69) is 46.3 Å². The maximum atomic E-state index is 3.50. The molecule has 0 spiro atoms. The standard InChI is InChI=1S/C6H6N.C5H5.Ti/c7-6-4-2-1-3-5-6;1-2-4-5-3-1;/h1-5,7H;1-3H,4H2;/q-1;;+1. The van der Waals surface area contributed by atoms with Crippen LogP contribution in [-0.2, 0) is 19.4 Å². The van der Waals surface area contributed by atoms with Crippen LogP contribution in [0.25, 0.3) is 0 Å². The van der Waals surface area contributed by atoms with Crippen LogP contribution in [0.2, 0.25) is 0 Å². The van der Waals surface area contributed by atoms with Crippen molar-refractivity contribution in [3.8, 4) is 0 Å².